The van der Waals surface area contributed by atoms with Crippen molar-refractivity contribution in [1.82, 2.24) is 15.5 Å². The summed E-state index contributed by atoms with van der Waals surface area (Å²) in [7, 11) is 1.51. The average molecular weight is 507 g/mol. The molecule has 3 heterocycles. The van der Waals surface area contributed by atoms with Crippen molar-refractivity contribution in [3.8, 4) is 17.1 Å². The van der Waals surface area contributed by atoms with Gasteiger partial charge < -0.3 is 29.4 Å². The highest BCUT2D eigenvalue weighted by Gasteiger charge is 2.23. The Morgan fingerprint density at radius 2 is 1.94 bits per heavy atom. The molecule has 0 aliphatic carbocycles. The lowest BCUT2D eigenvalue weighted by molar-refractivity contribution is 0.0237. The second-order valence-electron chi connectivity index (χ2n) is 7.60. The van der Waals surface area contributed by atoms with Crippen molar-refractivity contribution >= 4 is 34.9 Å². The summed E-state index contributed by atoms with van der Waals surface area (Å²) in [6, 6.07) is 8.26. The van der Waals surface area contributed by atoms with E-state index in [1.165, 1.54) is 7.11 Å². The smallest absolute Gasteiger partial charge is 0.319 e. The third-order valence-corrected chi connectivity index (χ3v) is 5.81. The fraction of sp³-hybridized carbons (Fsp3) is 0.348. The molecule has 0 spiro atoms. The molecule has 4 rings (SSSR count). The van der Waals surface area contributed by atoms with Crippen LogP contribution in [0.3, 0.4) is 0 Å². The van der Waals surface area contributed by atoms with Gasteiger partial charge in [0.05, 0.1) is 23.3 Å². The van der Waals surface area contributed by atoms with E-state index < -0.39 is 6.03 Å². The third-order valence-electron chi connectivity index (χ3n) is 5.18. The molecule has 34 heavy (non-hydrogen) atoms. The number of benzene rings is 1. The van der Waals surface area contributed by atoms with Crippen molar-refractivity contribution in [3.05, 3.63) is 57.9 Å². The molecule has 0 atom stereocenters. The number of nitrogens with one attached hydrogen (secondary N) is 2. The van der Waals surface area contributed by atoms with Crippen molar-refractivity contribution < 1.29 is 23.5 Å². The van der Waals surface area contributed by atoms with Crippen LogP contribution >= 0.6 is 23.2 Å². The summed E-state index contributed by atoms with van der Waals surface area (Å²) in [5, 5.41) is 10.4. The number of hydrogen-bond donors (Lipinski definition) is 2. The Balaban J connectivity index is 1.40. The molecular formula is C23H24Cl2N4O5. The number of carbonyl (C=O) groups is 1. The van der Waals surface area contributed by atoms with E-state index in [1.807, 2.05) is 6.07 Å². The van der Waals surface area contributed by atoms with E-state index in [2.05, 4.69) is 20.8 Å². The Bertz CT molecular complexity index is 1100. The van der Waals surface area contributed by atoms with Gasteiger partial charge >= 0.3 is 6.03 Å². The van der Waals surface area contributed by atoms with Crippen molar-refractivity contribution in [2.45, 2.75) is 32.1 Å². The van der Waals surface area contributed by atoms with Gasteiger partial charge in [-0.2, -0.15) is 0 Å². The summed E-state index contributed by atoms with van der Waals surface area (Å²) in [5.74, 6) is 0.884. The fourth-order valence-electron chi connectivity index (χ4n) is 3.47. The molecule has 3 aromatic rings. The highest BCUT2D eigenvalue weighted by molar-refractivity contribution is 6.39. The maximum Gasteiger partial charge on any atom is 0.319 e. The minimum Gasteiger partial charge on any atom is -0.474 e. The monoisotopic (exact) mass is 506 g/mol. The molecule has 0 saturated carbocycles. The SMILES string of the molecule is COCc1onc(-c2c(Cl)cccc2Cl)c1NC(=O)NCc1ccc(OC2CCOCC2)nc1. The number of carbonyl (C=O) groups excluding carboxylic acids is 1. The standard InChI is InChI=1S/C23H24Cl2N4O5/c1-31-13-18-21(22(29-34-18)20-16(24)3-2-4-17(20)25)28-23(30)27-12-14-5-6-19(26-11-14)33-15-7-9-32-10-8-15/h2-6,11,15H,7-10,12-13H2,1H3,(H2,27,28,30). The highest BCUT2D eigenvalue weighted by Crippen LogP contribution is 2.39. The number of pyridine rings is 1. The Morgan fingerprint density at radius 3 is 2.62 bits per heavy atom. The number of aromatic nitrogens is 2. The van der Waals surface area contributed by atoms with Gasteiger partial charge in [0.15, 0.2) is 5.76 Å². The molecular weight excluding hydrogens is 483 g/mol. The molecule has 2 aromatic heterocycles. The number of ether oxygens (including phenoxy) is 3. The van der Waals surface area contributed by atoms with Crippen LogP contribution < -0.4 is 15.4 Å². The van der Waals surface area contributed by atoms with E-state index >= 15 is 0 Å². The van der Waals surface area contributed by atoms with Gasteiger partial charge in [-0.05, 0) is 17.7 Å². The zero-order chi connectivity index (χ0) is 23.9. The molecule has 2 N–H and O–H groups in total. The van der Waals surface area contributed by atoms with E-state index in [1.54, 1.807) is 30.5 Å². The molecule has 1 saturated heterocycles. The first kappa shape index (κ1) is 24.3. The molecule has 180 valence electrons. The molecule has 1 aliphatic rings. The van der Waals surface area contributed by atoms with Crippen LogP contribution in [0.25, 0.3) is 11.3 Å². The summed E-state index contributed by atoms with van der Waals surface area (Å²) >= 11 is 12.7. The Hall–Kier alpha value is -2.85. The van der Waals surface area contributed by atoms with E-state index in [4.69, 9.17) is 41.9 Å². The average Bonchev–Trinajstić information content (AvgIpc) is 3.21. The number of hydrogen-bond acceptors (Lipinski definition) is 7. The summed E-state index contributed by atoms with van der Waals surface area (Å²) in [4.78, 5) is 17.0. The molecule has 0 bridgehead atoms. The van der Waals surface area contributed by atoms with Crippen LogP contribution in [0.2, 0.25) is 10.0 Å². The van der Waals surface area contributed by atoms with Crippen molar-refractivity contribution in [1.29, 1.82) is 0 Å². The Morgan fingerprint density at radius 1 is 1.18 bits per heavy atom. The van der Waals surface area contributed by atoms with Crippen LogP contribution in [0, 0.1) is 0 Å². The van der Waals surface area contributed by atoms with Gasteiger partial charge in [-0.15, -0.1) is 0 Å². The van der Waals surface area contributed by atoms with Crippen LogP contribution in [0.1, 0.15) is 24.2 Å². The predicted molar refractivity (Wildman–Crippen MR) is 127 cm³/mol. The van der Waals surface area contributed by atoms with Gasteiger partial charge in [-0.1, -0.05) is 40.5 Å². The molecule has 1 aliphatic heterocycles. The van der Waals surface area contributed by atoms with Crippen LogP contribution in [-0.2, 0) is 22.6 Å². The number of amides is 2. The molecule has 1 aromatic carbocycles. The molecule has 0 unspecified atom stereocenters. The van der Waals surface area contributed by atoms with Gasteiger partial charge in [-0.3, -0.25) is 0 Å². The lowest BCUT2D eigenvalue weighted by Gasteiger charge is -2.22. The maximum absolute atomic E-state index is 12.7. The van der Waals surface area contributed by atoms with E-state index in [9.17, 15) is 4.79 Å². The summed E-state index contributed by atoms with van der Waals surface area (Å²) in [6.45, 7) is 1.75. The van der Waals surface area contributed by atoms with E-state index in [-0.39, 0.29) is 19.3 Å². The first-order valence-electron chi connectivity index (χ1n) is 10.7. The quantitative estimate of drug-likeness (QED) is 0.438. The molecule has 11 heteroatoms. The minimum absolute atomic E-state index is 0.100. The number of rotatable bonds is 8. The Labute approximate surface area is 206 Å². The van der Waals surface area contributed by atoms with Crippen molar-refractivity contribution in [3.63, 3.8) is 0 Å². The molecule has 0 radical (unpaired) electrons. The lowest BCUT2D eigenvalue weighted by atomic mass is 10.1. The van der Waals surface area contributed by atoms with Crippen LogP contribution in [0.5, 0.6) is 5.88 Å². The topological polar surface area (TPSA) is 108 Å². The number of urea groups is 1. The number of nitrogens with zero attached hydrogens (tertiary/aromatic N) is 2. The van der Waals surface area contributed by atoms with Crippen molar-refractivity contribution in [2.75, 3.05) is 25.6 Å². The summed E-state index contributed by atoms with van der Waals surface area (Å²) < 4.78 is 21.7. The van der Waals surface area contributed by atoms with Gasteiger partial charge in [0.25, 0.3) is 0 Å². The third kappa shape index (κ3) is 5.98. The predicted octanol–water partition coefficient (Wildman–Crippen LogP) is 5.07. The van der Waals surface area contributed by atoms with Crippen LogP contribution in [0.15, 0.2) is 41.1 Å². The van der Waals surface area contributed by atoms with Crippen LogP contribution in [0.4, 0.5) is 10.5 Å². The second-order valence-corrected chi connectivity index (χ2v) is 8.42. The van der Waals surface area contributed by atoms with Gasteiger partial charge in [-0.25, -0.2) is 9.78 Å². The fourth-order valence-corrected chi connectivity index (χ4v) is 4.04. The summed E-state index contributed by atoms with van der Waals surface area (Å²) in [6.07, 6.45) is 3.47. The molecule has 9 nitrogen and oxygen atoms in total. The number of methoxy groups -OCH3 is 1. The highest BCUT2D eigenvalue weighted by atomic mass is 35.5. The largest absolute Gasteiger partial charge is 0.474 e. The van der Waals surface area contributed by atoms with Crippen molar-refractivity contribution in [2.24, 2.45) is 0 Å². The number of halogens is 2. The summed E-state index contributed by atoms with van der Waals surface area (Å²) in [5.41, 5.74) is 1.91. The normalized spacial score (nSPS) is 14.1. The lowest BCUT2D eigenvalue weighted by Crippen LogP contribution is -2.29. The maximum atomic E-state index is 12.7. The van der Waals surface area contributed by atoms with Gasteiger partial charge in [0.1, 0.15) is 24.1 Å². The number of anilines is 1. The first-order valence-corrected chi connectivity index (χ1v) is 11.5. The Kier molecular flexibility index (Phi) is 8.23. The zero-order valence-electron chi connectivity index (χ0n) is 18.5. The van der Waals surface area contributed by atoms with E-state index in [0.29, 0.717) is 51.8 Å². The van der Waals surface area contributed by atoms with Gasteiger partial charge in [0, 0.05) is 44.3 Å². The zero-order valence-corrected chi connectivity index (χ0v) is 20.0. The molecule has 1 fully saturated rings. The second kappa shape index (κ2) is 11.5. The van der Waals surface area contributed by atoms with Crippen LogP contribution in [-0.4, -0.2) is 42.6 Å². The molecule has 2 amide bonds. The first-order chi connectivity index (χ1) is 16.5. The van der Waals surface area contributed by atoms with Gasteiger partial charge in [0.2, 0.25) is 5.88 Å². The minimum atomic E-state index is -0.465. The van der Waals surface area contributed by atoms with E-state index in [0.717, 1.165) is 18.4 Å².